The van der Waals surface area contributed by atoms with Gasteiger partial charge in [0.25, 0.3) is 0 Å². The molecule has 3 heteroatoms. The van der Waals surface area contributed by atoms with E-state index in [0.29, 0.717) is 6.42 Å². The predicted octanol–water partition coefficient (Wildman–Crippen LogP) is 3.67. The Morgan fingerprint density at radius 1 is 1.05 bits per heavy atom. The van der Waals surface area contributed by atoms with Crippen LogP contribution in [0.5, 0.6) is 5.75 Å². The van der Waals surface area contributed by atoms with Gasteiger partial charge < -0.3 is 4.74 Å². The molecule has 0 fully saturated rings. The monoisotopic (exact) mass is 277 g/mol. The van der Waals surface area contributed by atoms with E-state index >= 15 is 0 Å². The first-order valence-electron chi connectivity index (χ1n) is 6.78. The van der Waals surface area contributed by atoms with Crippen molar-refractivity contribution in [2.45, 2.75) is 6.42 Å². The normalized spacial score (nSPS) is 10.5. The number of hydrogen-bond donors (Lipinski definition) is 0. The molecule has 3 aromatic rings. The topological polar surface area (TPSA) is 39.2 Å². The summed E-state index contributed by atoms with van der Waals surface area (Å²) in [7, 11) is 1.63. The van der Waals surface area contributed by atoms with Gasteiger partial charge in [0.2, 0.25) is 0 Å². The fourth-order valence-corrected chi connectivity index (χ4v) is 2.37. The maximum absolute atomic E-state index is 12.5. The molecule has 21 heavy (non-hydrogen) atoms. The Kier molecular flexibility index (Phi) is 3.65. The van der Waals surface area contributed by atoms with Gasteiger partial charge in [-0.1, -0.05) is 30.3 Å². The van der Waals surface area contributed by atoms with Crippen molar-refractivity contribution in [1.29, 1.82) is 0 Å². The third kappa shape index (κ3) is 2.77. The quantitative estimate of drug-likeness (QED) is 0.683. The van der Waals surface area contributed by atoms with Crippen LogP contribution in [-0.2, 0) is 6.42 Å². The minimum Gasteiger partial charge on any atom is -0.497 e. The molecule has 104 valence electrons. The molecule has 0 unspecified atom stereocenters. The van der Waals surface area contributed by atoms with Crippen molar-refractivity contribution in [3.63, 3.8) is 0 Å². The summed E-state index contributed by atoms with van der Waals surface area (Å²) < 4.78 is 5.12. The molecule has 0 atom stereocenters. The van der Waals surface area contributed by atoms with Gasteiger partial charge in [0, 0.05) is 23.6 Å². The van der Waals surface area contributed by atoms with E-state index in [1.807, 2.05) is 54.6 Å². The van der Waals surface area contributed by atoms with Gasteiger partial charge in [-0.15, -0.1) is 0 Å². The Balaban J connectivity index is 1.90. The molecule has 3 rings (SSSR count). The molecule has 3 nitrogen and oxygen atoms in total. The number of carbonyl (C=O) groups is 1. The molecule has 2 aromatic carbocycles. The van der Waals surface area contributed by atoms with Crippen molar-refractivity contribution >= 4 is 16.7 Å². The number of pyridine rings is 1. The van der Waals surface area contributed by atoms with E-state index in [4.69, 9.17) is 4.74 Å². The molecule has 1 heterocycles. The van der Waals surface area contributed by atoms with Crippen LogP contribution in [0, 0.1) is 0 Å². The summed E-state index contributed by atoms with van der Waals surface area (Å²) in [6, 6.07) is 17.0. The summed E-state index contributed by atoms with van der Waals surface area (Å²) in [5.41, 5.74) is 2.54. The highest BCUT2D eigenvalue weighted by atomic mass is 16.5. The predicted molar refractivity (Wildman–Crippen MR) is 82.8 cm³/mol. The van der Waals surface area contributed by atoms with Crippen LogP contribution in [0.25, 0.3) is 10.9 Å². The fourth-order valence-electron chi connectivity index (χ4n) is 2.37. The molecule has 0 bridgehead atoms. The van der Waals surface area contributed by atoms with Gasteiger partial charge in [-0.3, -0.25) is 9.78 Å². The lowest BCUT2D eigenvalue weighted by Crippen LogP contribution is -2.04. The Hall–Kier alpha value is -2.68. The Morgan fingerprint density at radius 2 is 1.86 bits per heavy atom. The summed E-state index contributed by atoms with van der Waals surface area (Å²) in [5, 5.41) is 0.901. The van der Waals surface area contributed by atoms with Gasteiger partial charge >= 0.3 is 0 Å². The van der Waals surface area contributed by atoms with Crippen LogP contribution < -0.4 is 4.74 Å². The second-order valence-electron chi connectivity index (χ2n) is 4.82. The molecule has 0 spiro atoms. The van der Waals surface area contributed by atoms with Gasteiger partial charge in [-0.25, -0.2) is 0 Å². The molecule has 0 radical (unpaired) electrons. The summed E-state index contributed by atoms with van der Waals surface area (Å²) in [6.45, 7) is 0. The maximum Gasteiger partial charge on any atom is 0.167 e. The van der Waals surface area contributed by atoms with Crippen molar-refractivity contribution in [3.8, 4) is 5.75 Å². The number of Topliss-reactive ketones (excluding diaryl/α,β-unsaturated/α-hetero) is 1. The van der Waals surface area contributed by atoms with E-state index in [2.05, 4.69) is 4.98 Å². The van der Waals surface area contributed by atoms with Crippen LogP contribution in [0.1, 0.15) is 15.9 Å². The Morgan fingerprint density at radius 3 is 2.62 bits per heavy atom. The van der Waals surface area contributed by atoms with E-state index in [-0.39, 0.29) is 5.78 Å². The summed E-state index contributed by atoms with van der Waals surface area (Å²) in [5.74, 6) is 0.888. The van der Waals surface area contributed by atoms with Gasteiger partial charge in [-0.05, 0) is 29.8 Å². The number of carbonyl (C=O) groups excluding carboxylic acids is 1. The van der Waals surface area contributed by atoms with E-state index in [0.717, 1.165) is 27.8 Å². The molecule has 0 saturated heterocycles. The molecule has 0 amide bonds. The first-order valence-corrected chi connectivity index (χ1v) is 6.78. The zero-order valence-corrected chi connectivity index (χ0v) is 11.7. The van der Waals surface area contributed by atoms with Crippen molar-refractivity contribution in [2.24, 2.45) is 0 Å². The van der Waals surface area contributed by atoms with Crippen LogP contribution in [0.2, 0.25) is 0 Å². The third-order valence-corrected chi connectivity index (χ3v) is 3.47. The zero-order chi connectivity index (χ0) is 14.7. The smallest absolute Gasteiger partial charge is 0.167 e. The molecule has 1 aromatic heterocycles. The second kappa shape index (κ2) is 5.75. The number of fused-ring (bicyclic) bond motifs is 1. The lowest BCUT2D eigenvalue weighted by atomic mass is 9.99. The summed E-state index contributed by atoms with van der Waals surface area (Å²) in [4.78, 5) is 16.8. The van der Waals surface area contributed by atoms with E-state index in [9.17, 15) is 4.79 Å². The number of benzene rings is 2. The molecule has 0 aliphatic carbocycles. The Labute approximate surface area is 123 Å². The highest BCUT2D eigenvalue weighted by Gasteiger charge is 2.11. The fraction of sp³-hybridized carbons (Fsp3) is 0.111. The average Bonchev–Trinajstić information content (AvgIpc) is 2.55. The molecule has 0 N–H and O–H groups in total. The first-order chi connectivity index (χ1) is 10.3. The van der Waals surface area contributed by atoms with Crippen molar-refractivity contribution in [3.05, 3.63) is 71.9 Å². The molecule has 0 aliphatic rings. The largest absolute Gasteiger partial charge is 0.497 e. The minimum atomic E-state index is 0.0961. The van der Waals surface area contributed by atoms with Gasteiger partial charge in [-0.2, -0.15) is 0 Å². The molecule has 0 saturated carbocycles. The lowest BCUT2D eigenvalue weighted by molar-refractivity contribution is 0.0994. The van der Waals surface area contributed by atoms with Gasteiger partial charge in [0.15, 0.2) is 5.78 Å². The number of hydrogen-bond acceptors (Lipinski definition) is 3. The lowest BCUT2D eigenvalue weighted by Gasteiger charge is -2.06. The maximum atomic E-state index is 12.5. The Bertz CT molecular complexity index is 773. The van der Waals surface area contributed by atoms with E-state index < -0.39 is 0 Å². The number of aromatic nitrogens is 1. The summed E-state index contributed by atoms with van der Waals surface area (Å²) >= 11 is 0. The first kappa shape index (κ1) is 13.3. The van der Waals surface area contributed by atoms with Crippen LogP contribution in [0.4, 0.5) is 0 Å². The minimum absolute atomic E-state index is 0.0961. The number of rotatable bonds is 4. The highest BCUT2D eigenvalue weighted by Crippen LogP contribution is 2.19. The molecular weight excluding hydrogens is 262 g/mol. The number of ketones is 1. The number of methoxy groups -OCH3 is 1. The van der Waals surface area contributed by atoms with E-state index in [1.165, 1.54) is 0 Å². The second-order valence-corrected chi connectivity index (χ2v) is 4.82. The standard InChI is InChI=1S/C18H15NO2/c1-21-14-9-7-13(8-10-14)12-18(20)16-4-2-6-17-15(16)5-3-11-19-17/h2-11H,12H2,1H3. The summed E-state index contributed by atoms with van der Waals surface area (Å²) in [6.07, 6.45) is 2.11. The van der Waals surface area contributed by atoms with Crippen LogP contribution >= 0.6 is 0 Å². The SMILES string of the molecule is COc1ccc(CC(=O)c2cccc3ncccc23)cc1. The van der Waals surface area contributed by atoms with Crippen LogP contribution in [0.3, 0.4) is 0 Å². The zero-order valence-electron chi connectivity index (χ0n) is 11.7. The van der Waals surface area contributed by atoms with Crippen molar-refractivity contribution in [2.75, 3.05) is 7.11 Å². The highest BCUT2D eigenvalue weighted by molar-refractivity contribution is 6.08. The van der Waals surface area contributed by atoms with Crippen LogP contribution in [0.15, 0.2) is 60.8 Å². The molecule has 0 aliphatic heterocycles. The average molecular weight is 277 g/mol. The molecular formula is C18H15NO2. The van der Waals surface area contributed by atoms with Crippen LogP contribution in [-0.4, -0.2) is 17.9 Å². The number of ether oxygens (including phenoxy) is 1. The van der Waals surface area contributed by atoms with Crippen molar-refractivity contribution in [1.82, 2.24) is 4.98 Å². The third-order valence-electron chi connectivity index (χ3n) is 3.47. The van der Waals surface area contributed by atoms with Crippen molar-refractivity contribution < 1.29 is 9.53 Å². The van der Waals surface area contributed by atoms with Gasteiger partial charge in [0.05, 0.1) is 12.6 Å². The van der Waals surface area contributed by atoms with Gasteiger partial charge in [0.1, 0.15) is 5.75 Å². The van der Waals surface area contributed by atoms with E-state index in [1.54, 1.807) is 13.3 Å². The number of nitrogens with zero attached hydrogens (tertiary/aromatic N) is 1.